The monoisotopic (exact) mass is 378 g/mol. The number of β-amino-alcohol motifs (C(OH)–C–C–N with tert-alkyl or cyclic N) is 1. The van der Waals surface area contributed by atoms with Crippen LogP contribution < -0.4 is 0 Å². The normalized spacial score (nSPS) is 23.8. The highest BCUT2D eigenvalue weighted by molar-refractivity contribution is 5.82. The molecule has 0 saturated carbocycles. The number of nitrogens with zero attached hydrogens (tertiary/aromatic N) is 2. The van der Waals surface area contributed by atoms with Crippen molar-refractivity contribution in [2.24, 2.45) is 5.92 Å². The lowest BCUT2D eigenvalue weighted by Gasteiger charge is -2.35. The summed E-state index contributed by atoms with van der Waals surface area (Å²) in [5.41, 5.74) is 2.58. The fourth-order valence-corrected chi connectivity index (χ4v) is 4.64. The van der Waals surface area contributed by atoms with Gasteiger partial charge in [0, 0.05) is 26.2 Å². The van der Waals surface area contributed by atoms with E-state index in [1.807, 2.05) is 23.1 Å². The molecular formula is C24H30N2O2. The Kier molecular flexibility index (Phi) is 6.08. The highest BCUT2D eigenvalue weighted by Gasteiger charge is 2.38. The smallest absolute Gasteiger partial charge is 0.240 e. The van der Waals surface area contributed by atoms with Crippen LogP contribution in [0.15, 0.2) is 60.7 Å². The zero-order valence-corrected chi connectivity index (χ0v) is 16.4. The van der Waals surface area contributed by atoms with Gasteiger partial charge in [0.05, 0.1) is 12.1 Å². The molecular weight excluding hydrogens is 348 g/mol. The van der Waals surface area contributed by atoms with E-state index >= 15 is 0 Å². The van der Waals surface area contributed by atoms with E-state index in [-0.39, 0.29) is 11.9 Å². The lowest BCUT2D eigenvalue weighted by atomic mass is 9.90. The van der Waals surface area contributed by atoms with E-state index in [1.54, 1.807) is 0 Å². The van der Waals surface area contributed by atoms with Gasteiger partial charge in [-0.25, -0.2) is 0 Å². The first-order valence-electron chi connectivity index (χ1n) is 10.5. The Balaban J connectivity index is 1.33. The van der Waals surface area contributed by atoms with Crippen molar-refractivity contribution < 1.29 is 9.90 Å². The predicted octanol–water partition coefficient (Wildman–Crippen LogP) is 3.10. The maximum absolute atomic E-state index is 13.2. The average molecular weight is 379 g/mol. The second-order valence-electron chi connectivity index (χ2n) is 8.28. The van der Waals surface area contributed by atoms with Gasteiger partial charge in [0.1, 0.15) is 0 Å². The van der Waals surface area contributed by atoms with E-state index in [0.717, 1.165) is 38.9 Å². The van der Waals surface area contributed by atoms with Gasteiger partial charge in [-0.05, 0) is 42.7 Å². The minimum atomic E-state index is -0.409. The Hall–Kier alpha value is -2.17. The van der Waals surface area contributed by atoms with Gasteiger partial charge in [-0.2, -0.15) is 0 Å². The van der Waals surface area contributed by atoms with Crippen molar-refractivity contribution in [3.05, 3.63) is 71.8 Å². The number of aliphatic hydroxyl groups excluding tert-OH is 1. The Morgan fingerprint density at radius 1 is 0.929 bits per heavy atom. The highest BCUT2D eigenvalue weighted by atomic mass is 16.3. The fraction of sp³-hybridized carbons (Fsp3) is 0.458. The molecule has 2 aromatic carbocycles. The van der Waals surface area contributed by atoms with E-state index in [1.165, 1.54) is 11.1 Å². The molecule has 0 radical (unpaired) electrons. The predicted molar refractivity (Wildman–Crippen MR) is 111 cm³/mol. The van der Waals surface area contributed by atoms with Crippen molar-refractivity contribution in [3.63, 3.8) is 0 Å². The number of aliphatic hydroxyl groups is 1. The summed E-state index contributed by atoms with van der Waals surface area (Å²) in [5, 5.41) is 10.2. The van der Waals surface area contributed by atoms with Gasteiger partial charge in [-0.3, -0.25) is 9.69 Å². The molecule has 0 aromatic heterocycles. The summed E-state index contributed by atoms with van der Waals surface area (Å²) in [6.45, 7) is 2.97. The summed E-state index contributed by atoms with van der Waals surface area (Å²) in [4.78, 5) is 17.4. The first-order valence-corrected chi connectivity index (χ1v) is 10.5. The van der Waals surface area contributed by atoms with E-state index in [4.69, 9.17) is 0 Å². The molecule has 1 N–H and O–H groups in total. The molecule has 0 bridgehead atoms. The van der Waals surface area contributed by atoms with Crippen molar-refractivity contribution in [1.29, 1.82) is 0 Å². The second-order valence-corrected chi connectivity index (χ2v) is 8.28. The SMILES string of the molecule is O=C([C@@H]1C[C@@H](O)CN1Cc1ccccc1)N1CCC(Cc2ccccc2)CC1. The standard InChI is InChI=1S/C24H30N2O2/c27-22-16-23(26(18-22)17-21-9-5-2-6-10-21)24(28)25-13-11-20(12-14-25)15-19-7-3-1-4-8-19/h1-10,20,22-23,27H,11-18H2/t22-,23+/m1/s1. The third-order valence-corrected chi connectivity index (χ3v) is 6.19. The quantitative estimate of drug-likeness (QED) is 0.869. The second kappa shape index (κ2) is 8.89. The molecule has 1 amide bonds. The zero-order valence-electron chi connectivity index (χ0n) is 16.4. The van der Waals surface area contributed by atoms with Gasteiger partial charge in [0.2, 0.25) is 5.91 Å². The van der Waals surface area contributed by atoms with E-state index < -0.39 is 6.10 Å². The molecule has 0 spiro atoms. The molecule has 2 saturated heterocycles. The van der Waals surface area contributed by atoms with Gasteiger partial charge < -0.3 is 10.0 Å². The van der Waals surface area contributed by atoms with Crippen LogP contribution in [0.5, 0.6) is 0 Å². The molecule has 0 unspecified atom stereocenters. The lowest BCUT2D eigenvalue weighted by molar-refractivity contribution is -0.137. The fourth-order valence-electron chi connectivity index (χ4n) is 4.64. The van der Waals surface area contributed by atoms with Crippen LogP contribution in [0.25, 0.3) is 0 Å². The molecule has 4 heteroatoms. The largest absolute Gasteiger partial charge is 0.392 e. The molecule has 28 heavy (non-hydrogen) atoms. The number of likely N-dealkylation sites (tertiary alicyclic amines) is 2. The van der Waals surface area contributed by atoms with Crippen LogP contribution >= 0.6 is 0 Å². The first-order chi connectivity index (χ1) is 13.7. The summed E-state index contributed by atoms with van der Waals surface area (Å²) in [7, 11) is 0. The Morgan fingerprint density at radius 2 is 1.54 bits per heavy atom. The van der Waals surface area contributed by atoms with Crippen LogP contribution in [0.3, 0.4) is 0 Å². The molecule has 4 rings (SSSR count). The van der Waals surface area contributed by atoms with Crippen LogP contribution in [0.2, 0.25) is 0 Å². The number of amides is 1. The van der Waals surface area contributed by atoms with Gasteiger partial charge in [-0.1, -0.05) is 60.7 Å². The number of hydrogen-bond donors (Lipinski definition) is 1. The minimum absolute atomic E-state index is 0.194. The number of carbonyl (C=O) groups excluding carboxylic acids is 1. The van der Waals surface area contributed by atoms with Crippen LogP contribution in [-0.4, -0.2) is 52.6 Å². The summed E-state index contributed by atoms with van der Waals surface area (Å²) >= 11 is 0. The maximum Gasteiger partial charge on any atom is 0.240 e. The molecule has 4 nitrogen and oxygen atoms in total. The Labute approximate surface area is 167 Å². The van der Waals surface area contributed by atoms with Crippen molar-refractivity contribution in [3.8, 4) is 0 Å². The van der Waals surface area contributed by atoms with Crippen molar-refractivity contribution >= 4 is 5.91 Å². The van der Waals surface area contributed by atoms with Crippen LogP contribution in [0.1, 0.15) is 30.4 Å². The van der Waals surface area contributed by atoms with Crippen LogP contribution in [-0.2, 0) is 17.8 Å². The first kappa shape index (κ1) is 19.2. The Bertz CT molecular complexity index is 757. The van der Waals surface area contributed by atoms with Gasteiger partial charge >= 0.3 is 0 Å². The summed E-state index contributed by atoms with van der Waals surface area (Å²) < 4.78 is 0. The zero-order chi connectivity index (χ0) is 19.3. The summed E-state index contributed by atoms with van der Waals surface area (Å²) in [5.74, 6) is 0.853. The number of piperidine rings is 1. The molecule has 148 valence electrons. The lowest BCUT2D eigenvalue weighted by Crippen LogP contribution is -2.48. The molecule has 0 aliphatic carbocycles. The van der Waals surface area contributed by atoms with E-state index in [2.05, 4.69) is 47.4 Å². The third kappa shape index (κ3) is 4.62. The van der Waals surface area contributed by atoms with Gasteiger partial charge in [-0.15, -0.1) is 0 Å². The maximum atomic E-state index is 13.2. The number of carbonyl (C=O) groups is 1. The van der Waals surface area contributed by atoms with E-state index in [0.29, 0.717) is 18.9 Å². The summed E-state index contributed by atoms with van der Waals surface area (Å²) in [6.07, 6.45) is 3.37. The van der Waals surface area contributed by atoms with Crippen LogP contribution in [0.4, 0.5) is 0 Å². The number of benzene rings is 2. The van der Waals surface area contributed by atoms with Crippen LogP contribution in [0, 0.1) is 5.92 Å². The van der Waals surface area contributed by atoms with Crippen molar-refractivity contribution in [2.75, 3.05) is 19.6 Å². The number of rotatable bonds is 5. The summed E-state index contributed by atoms with van der Waals surface area (Å²) in [6, 6.07) is 20.7. The van der Waals surface area contributed by atoms with Gasteiger partial charge in [0.15, 0.2) is 0 Å². The molecule has 2 fully saturated rings. The average Bonchev–Trinajstić information content (AvgIpc) is 3.09. The van der Waals surface area contributed by atoms with E-state index in [9.17, 15) is 9.90 Å². The van der Waals surface area contributed by atoms with Crippen molar-refractivity contribution in [2.45, 2.75) is 44.4 Å². The molecule has 2 aliphatic rings. The molecule has 2 heterocycles. The molecule has 2 aliphatic heterocycles. The molecule has 2 aromatic rings. The topological polar surface area (TPSA) is 43.8 Å². The Morgan fingerprint density at radius 3 is 2.18 bits per heavy atom. The third-order valence-electron chi connectivity index (χ3n) is 6.19. The highest BCUT2D eigenvalue weighted by Crippen LogP contribution is 2.26. The number of hydrogen-bond acceptors (Lipinski definition) is 3. The van der Waals surface area contributed by atoms with Gasteiger partial charge in [0.25, 0.3) is 0 Å². The van der Waals surface area contributed by atoms with Crippen molar-refractivity contribution in [1.82, 2.24) is 9.80 Å². The molecule has 2 atom stereocenters. The minimum Gasteiger partial charge on any atom is -0.392 e.